The van der Waals surface area contributed by atoms with Gasteiger partial charge in [0.05, 0.1) is 6.04 Å². The van der Waals surface area contributed by atoms with Crippen LogP contribution in [0.1, 0.15) is 30.5 Å². The zero-order chi connectivity index (χ0) is 17.6. The minimum Gasteiger partial charge on any atom is -0.348 e. The van der Waals surface area contributed by atoms with Crippen molar-refractivity contribution in [2.24, 2.45) is 0 Å². The number of aromatic nitrogens is 4. The molecular formula is C19H21N5O. The van der Waals surface area contributed by atoms with E-state index in [0.29, 0.717) is 5.82 Å². The molecule has 2 aromatic carbocycles. The molecule has 1 N–H and O–H groups in total. The van der Waals surface area contributed by atoms with Crippen LogP contribution in [0, 0.1) is 6.92 Å². The van der Waals surface area contributed by atoms with Crippen LogP contribution in [0.3, 0.4) is 0 Å². The number of amides is 1. The lowest BCUT2D eigenvalue weighted by molar-refractivity contribution is -0.122. The Morgan fingerprint density at radius 1 is 1.12 bits per heavy atom. The quantitative estimate of drug-likeness (QED) is 0.752. The van der Waals surface area contributed by atoms with E-state index < -0.39 is 0 Å². The SMILES string of the molecule is CCC(NC(=O)Cn1nnc(-c2ccccc2)n1)c1ccc(C)cc1. The average molecular weight is 335 g/mol. The van der Waals surface area contributed by atoms with Crippen LogP contribution in [0.4, 0.5) is 0 Å². The summed E-state index contributed by atoms with van der Waals surface area (Å²) in [5, 5.41) is 15.3. The molecule has 0 aliphatic carbocycles. The molecule has 1 amide bonds. The molecule has 3 aromatic rings. The summed E-state index contributed by atoms with van der Waals surface area (Å²) in [5.41, 5.74) is 3.17. The first-order valence-corrected chi connectivity index (χ1v) is 8.35. The van der Waals surface area contributed by atoms with Gasteiger partial charge in [0.15, 0.2) is 0 Å². The largest absolute Gasteiger partial charge is 0.348 e. The number of carbonyl (C=O) groups is 1. The van der Waals surface area contributed by atoms with Gasteiger partial charge >= 0.3 is 0 Å². The molecule has 0 saturated heterocycles. The number of nitrogens with zero attached hydrogens (tertiary/aromatic N) is 4. The predicted molar refractivity (Wildman–Crippen MR) is 95.6 cm³/mol. The third kappa shape index (κ3) is 4.29. The van der Waals surface area contributed by atoms with Gasteiger partial charge in [0.25, 0.3) is 0 Å². The van der Waals surface area contributed by atoms with E-state index in [1.807, 2.05) is 56.3 Å². The maximum Gasteiger partial charge on any atom is 0.244 e. The van der Waals surface area contributed by atoms with Crippen molar-refractivity contribution in [1.82, 2.24) is 25.5 Å². The number of nitrogens with one attached hydrogen (secondary N) is 1. The molecule has 25 heavy (non-hydrogen) atoms. The van der Waals surface area contributed by atoms with Gasteiger partial charge in [0.2, 0.25) is 11.7 Å². The van der Waals surface area contributed by atoms with Gasteiger partial charge in [-0.1, -0.05) is 67.1 Å². The fourth-order valence-electron chi connectivity index (χ4n) is 2.60. The number of carbonyl (C=O) groups excluding carboxylic acids is 1. The molecule has 6 nitrogen and oxygen atoms in total. The summed E-state index contributed by atoms with van der Waals surface area (Å²) in [6.07, 6.45) is 0.814. The van der Waals surface area contributed by atoms with Crippen LogP contribution in [0.2, 0.25) is 0 Å². The van der Waals surface area contributed by atoms with Crippen molar-refractivity contribution < 1.29 is 4.79 Å². The molecule has 0 radical (unpaired) electrons. The number of hydrogen-bond acceptors (Lipinski definition) is 4. The highest BCUT2D eigenvalue weighted by Gasteiger charge is 2.14. The lowest BCUT2D eigenvalue weighted by Crippen LogP contribution is -2.32. The molecule has 6 heteroatoms. The molecule has 1 atom stereocenters. The number of benzene rings is 2. The molecule has 0 spiro atoms. The van der Waals surface area contributed by atoms with Crippen molar-refractivity contribution in [2.75, 3.05) is 0 Å². The minimum atomic E-state index is -0.135. The Hall–Kier alpha value is -3.02. The van der Waals surface area contributed by atoms with Crippen LogP contribution < -0.4 is 5.32 Å². The van der Waals surface area contributed by atoms with Crippen LogP contribution >= 0.6 is 0 Å². The van der Waals surface area contributed by atoms with Gasteiger partial charge in [0.1, 0.15) is 6.54 Å². The molecule has 0 fully saturated rings. The van der Waals surface area contributed by atoms with E-state index in [1.54, 1.807) is 0 Å². The molecule has 0 saturated carbocycles. The second kappa shape index (κ2) is 7.70. The molecule has 128 valence electrons. The van der Waals surface area contributed by atoms with Crippen molar-refractivity contribution in [1.29, 1.82) is 0 Å². The summed E-state index contributed by atoms with van der Waals surface area (Å²) < 4.78 is 0. The Bertz CT molecular complexity index is 827. The molecule has 0 aliphatic heterocycles. The first-order valence-electron chi connectivity index (χ1n) is 8.35. The smallest absolute Gasteiger partial charge is 0.244 e. The van der Waals surface area contributed by atoms with Crippen LogP contribution in [-0.4, -0.2) is 26.1 Å². The summed E-state index contributed by atoms with van der Waals surface area (Å²) in [5.74, 6) is 0.378. The number of aryl methyl sites for hydroxylation is 1. The molecule has 3 rings (SSSR count). The van der Waals surface area contributed by atoms with Gasteiger partial charge in [-0.3, -0.25) is 4.79 Å². The molecular weight excluding hydrogens is 314 g/mol. The first-order chi connectivity index (χ1) is 12.2. The summed E-state index contributed by atoms with van der Waals surface area (Å²) in [4.78, 5) is 13.6. The maximum absolute atomic E-state index is 12.3. The van der Waals surface area contributed by atoms with E-state index >= 15 is 0 Å². The van der Waals surface area contributed by atoms with Crippen LogP contribution in [-0.2, 0) is 11.3 Å². The normalized spacial score (nSPS) is 11.9. The molecule has 0 aliphatic rings. The van der Waals surface area contributed by atoms with Gasteiger partial charge in [0, 0.05) is 5.56 Å². The zero-order valence-electron chi connectivity index (χ0n) is 14.4. The van der Waals surface area contributed by atoms with Gasteiger partial charge in [-0.15, -0.1) is 10.2 Å². The van der Waals surface area contributed by atoms with Crippen LogP contribution in [0.25, 0.3) is 11.4 Å². The van der Waals surface area contributed by atoms with Gasteiger partial charge in [-0.25, -0.2) is 0 Å². The topological polar surface area (TPSA) is 72.7 Å². The number of tetrazole rings is 1. The summed E-state index contributed by atoms with van der Waals surface area (Å²) in [6, 6.07) is 17.7. The van der Waals surface area contributed by atoms with Crippen molar-refractivity contribution in [3.63, 3.8) is 0 Å². The monoisotopic (exact) mass is 335 g/mol. The minimum absolute atomic E-state index is 0.0229. The standard InChI is InChI=1S/C19H21N5O/c1-3-17(15-11-9-14(2)10-12-15)20-18(25)13-24-22-19(21-23-24)16-7-5-4-6-8-16/h4-12,17H,3,13H2,1-2H3,(H,20,25). The van der Waals surface area contributed by atoms with Gasteiger partial charge < -0.3 is 5.32 Å². The Labute approximate surface area is 146 Å². The van der Waals surface area contributed by atoms with Gasteiger partial charge in [-0.2, -0.15) is 4.80 Å². The molecule has 1 aromatic heterocycles. The highest BCUT2D eigenvalue weighted by molar-refractivity contribution is 5.76. The van der Waals surface area contributed by atoms with Crippen LogP contribution in [0.5, 0.6) is 0 Å². The lowest BCUT2D eigenvalue weighted by atomic mass is 10.0. The Kier molecular flexibility index (Phi) is 5.18. The molecule has 0 bridgehead atoms. The molecule has 1 heterocycles. The highest BCUT2D eigenvalue weighted by atomic mass is 16.2. The first kappa shape index (κ1) is 16.8. The fraction of sp³-hybridized carbons (Fsp3) is 0.263. The average Bonchev–Trinajstić information content (AvgIpc) is 3.10. The maximum atomic E-state index is 12.3. The van der Waals surface area contributed by atoms with Crippen molar-refractivity contribution in [3.05, 3.63) is 65.7 Å². The van der Waals surface area contributed by atoms with E-state index in [9.17, 15) is 4.79 Å². The Morgan fingerprint density at radius 3 is 2.52 bits per heavy atom. The van der Waals surface area contributed by atoms with Crippen LogP contribution in [0.15, 0.2) is 54.6 Å². The van der Waals surface area contributed by atoms with E-state index in [1.165, 1.54) is 10.4 Å². The third-order valence-corrected chi connectivity index (χ3v) is 3.99. The predicted octanol–water partition coefficient (Wildman–Crippen LogP) is 2.92. The van der Waals surface area contributed by atoms with E-state index in [2.05, 4.69) is 32.9 Å². The lowest BCUT2D eigenvalue weighted by Gasteiger charge is -2.17. The Balaban J connectivity index is 1.64. The van der Waals surface area contributed by atoms with Crippen molar-refractivity contribution in [2.45, 2.75) is 32.9 Å². The van der Waals surface area contributed by atoms with Gasteiger partial charge in [-0.05, 0) is 24.1 Å². The number of rotatable bonds is 6. The highest BCUT2D eigenvalue weighted by Crippen LogP contribution is 2.17. The van der Waals surface area contributed by atoms with Crippen molar-refractivity contribution >= 4 is 5.91 Å². The second-order valence-electron chi connectivity index (χ2n) is 5.95. The van der Waals surface area contributed by atoms with E-state index in [4.69, 9.17) is 0 Å². The van der Waals surface area contributed by atoms with E-state index in [0.717, 1.165) is 17.5 Å². The zero-order valence-corrected chi connectivity index (χ0v) is 14.4. The fourth-order valence-corrected chi connectivity index (χ4v) is 2.60. The molecule has 1 unspecified atom stereocenters. The van der Waals surface area contributed by atoms with E-state index in [-0.39, 0.29) is 18.5 Å². The summed E-state index contributed by atoms with van der Waals surface area (Å²) >= 11 is 0. The third-order valence-electron chi connectivity index (χ3n) is 3.99. The summed E-state index contributed by atoms with van der Waals surface area (Å²) in [7, 11) is 0. The number of hydrogen-bond donors (Lipinski definition) is 1. The van der Waals surface area contributed by atoms with Crippen molar-refractivity contribution in [3.8, 4) is 11.4 Å². The summed E-state index contributed by atoms with van der Waals surface area (Å²) in [6.45, 7) is 4.14. The Morgan fingerprint density at radius 2 is 1.84 bits per heavy atom. The second-order valence-corrected chi connectivity index (χ2v) is 5.95.